The molecular formula is C25H30N4O3. The Bertz CT molecular complexity index is 1010. The highest BCUT2D eigenvalue weighted by atomic mass is 16.2. The maximum atomic E-state index is 13.0. The van der Waals surface area contributed by atoms with E-state index >= 15 is 0 Å². The van der Waals surface area contributed by atoms with E-state index in [0.717, 1.165) is 29.8 Å². The number of fused-ring (bicyclic) bond motifs is 1. The van der Waals surface area contributed by atoms with Gasteiger partial charge in [0.1, 0.15) is 5.54 Å². The van der Waals surface area contributed by atoms with E-state index in [1.54, 1.807) is 6.92 Å². The van der Waals surface area contributed by atoms with Gasteiger partial charge in [-0.25, -0.2) is 4.79 Å². The Balaban J connectivity index is 1.36. The third-order valence-corrected chi connectivity index (χ3v) is 6.52. The summed E-state index contributed by atoms with van der Waals surface area (Å²) in [4.78, 5) is 40.1. The normalized spacial score (nSPS) is 22.6. The van der Waals surface area contributed by atoms with Gasteiger partial charge in [-0.15, -0.1) is 0 Å². The first-order valence-corrected chi connectivity index (χ1v) is 11.2. The smallest absolute Gasteiger partial charge is 0.322 e. The maximum absolute atomic E-state index is 13.0. The van der Waals surface area contributed by atoms with Crippen LogP contribution in [-0.4, -0.2) is 46.9 Å². The van der Waals surface area contributed by atoms with Crippen molar-refractivity contribution in [2.75, 3.05) is 13.6 Å². The Morgan fingerprint density at radius 3 is 2.66 bits per heavy atom. The molecule has 7 heteroatoms. The van der Waals surface area contributed by atoms with Gasteiger partial charge in [0.25, 0.3) is 11.8 Å². The standard InChI is InChI=1S/C25H30N4O3/c1-25(16-15-18-9-4-3-5-10-18)23(31)29(24(32)26-25)27-22(30)17-28(2)21-14-8-12-19-11-6-7-13-20(19)21/h3-7,9-11,13,21H,8,12,14-17H2,1-2H3,(H,26,32)(H,27,30). The highest BCUT2D eigenvalue weighted by Gasteiger charge is 2.48. The van der Waals surface area contributed by atoms with Crippen molar-refractivity contribution < 1.29 is 14.4 Å². The molecule has 1 heterocycles. The van der Waals surface area contributed by atoms with Crippen LogP contribution in [0.15, 0.2) is 54.6 Å². The van der Waals surface area contributed by atoms with E-state index in [9.17, 15) is 14.4 Å². The second-order valence-corrected chi connectivity index (χ2v) is 8.95. The fourth-order valence-corrected chi connectivity index (χ4v) is 4.68. The summed E-state index contributed by atoms with van der Waals surface area (Å²) in [6.07, 6.45) is 4.19. The van der Waals surface area contributed by atoms with Gasteiger partial charge in [-0.05, 0) is 62.8 Å². The fraction of sp³-hybridized carbons (Fsp3) is 0.400. The average Bonchev–Trinajstić information content (AvgIpc) is 3.01. The van der Waals surface area contributed by atoms with Crippen molar-refractivity contribution >= 4 is 17.8 Å². The lowest BCUT2D eigenvalue weighted by Crippen LogP contribution is -2.51. The second kappa shape index (κ2) is 9.12. The van der Waals surface area contributed by atoms with Crippen LogP contribution in [0, 0.1) is 0 Å². The van der Waals surface area contributed by atoms with Gasteiger partial charge in [-0.3, -0.25) is 19.9 Å². The largest absolute Gasteiger partial charge is 0.344 e. The number of hydrogen-bond acceptors (Lipinski definition) is 4. The van der Waals surface area contributed by atoms with E-state index in [2.05, 4.69) is 22.9 Å². The van der Waals surface area contributed by atoms with Crippen LogP contribution in [0.2, 0.25) is 0 Å². The number of nitrogens with one attached hydrogen (secondary N) is 2. The van der Waals surface area contributed by atoms with Gasteiger partial charge in [0.2, 0.25) is 0 Å². The van der Waals surface area contributed by atoms with Crippen LogP contribution >= 0.6 is 0 Å². The van der Waals surface area contributed by atoms with E-state index in [1.807, 2.05) is 54.4 Å². The Labute approximate surface area is 188 Å². The number of carbonyl (C=O) groups is 3. The summed E-state index contributed by atoms with van der Waals surface area (Å²) in [5.41, 5.74) is 5.13. The lowest BCUT2D eigenvalue weighted by molar-refractivity contribution is -0.139. The molecule has 2 atom stereocenters. The second-order valence-electron chi connectivity index (χ2n) is 8.95. The average molecular weight is 435 g/mol. The molecule has 0 bridgehead atoms. The summed E-state index contributed by atoms with van der Waals surface area (Å²) >= 11 is 0. The number of aryl methyl sites for hydroxylation is 2. The van der Waals surface area contributed by atoms with Crippen molar-refractivity contribution in [2.45, 2.75) is 50.6 Å². The number of urea groups is 1. The van der Waals surface area contributed by atoms with Crippen LogP contribution in [0.1, 0.15) is 48.9 Å². The van der Waals surface area contributed by atoms with Crippen molar-refractivity contribution in [1.82, 2.24) is 20.7 Å². The molecule has 2 N–H and O–H groups in total. The predicted molar refractivity (Wildman–Crippen MR) is 121 cm³/mol. The molecule has 7 nitrogen and oxygen atoms in total. The first kappa shape index (κ1) is 22.0. The van der Waals surface area contributed by atoms with E-state index in [-0.39, 0.29) is 18.5 Å². The molecule has 0 aromatic heterocycles. The summed E-state index contributed by atoms with van der Waals surface area (Å²) in [6.45, 7) is 1.80. The topological polar surface area (TPSA) is 81.8 Å². The van der Waals surface area contributed by atoms with Crippen LogP contribution in [-0.2, 0) is 22.4 Å². The van der Waals surface area contributed by atoms with Gasteiger partial charge in [-0.1, -0.05) is 54.6 Å². The molecule has 168 valence electrons. The number of hydrogen-bond donors (Lipinski definition) is 2. The molecule has 2 aromatic rings. The number of hydrazine groups is 1. The minimum Gasteiger partial charge on any atom is -0.322 e. The number of carbonyl (C=O) groups excluding carboxylic acids is 3. The van der Waals surface area contributed by atoms with Gasteiger partial charge in [0, 0.05) is 6.04 Å². The molecule has 1 aliphatic carbocycles. The quantitative estimate of drug-likeness (QED) is 0.657. The zero-order chi connectivity index (χ0) is 22.7. The van der Waals surface area contributed by atoms with Gasteiger partial charge in [0.05, 0.1) is 6.54 Å². The zero-order valence-corrected chi connectivity index (χ0v) is 18.6. The SMILES string of the molecule is CN(CC(=O)NN1C(=O)NC(C)(CCc2ccccc2)C1=O)C1CCCc2ccccc21. The van der Waals surface area contributed by atoms with Crippen molar-refractivity contribution in [3.63, 3.8) is 0 Å². The first-order chi connectivity index (χ1) is 15.4. The molecule has 0 radical (unpaired) electrons. The molecular weight excluding hydrogens is 404 g/mol. The Hall–Kier alpha value is -3.19. The lowest BCUT2D eigenvalue weighted by atomic mass is 9.87. The molecule has 4 amide bonds. The summed E-state index contributed by atoms with van der Waals surface area (Å²) in [6, 6.07) is 17.7. The van der Waals surface area contributed by atoms with Crippen LogP contribution < -0.4 is 10.7 Å². The zero-order valence-electron chi connectivity index (χ0n) is 18.6. The van der Waals surface area contributed by atoms with Crippen molar-refractivity contribution in [3.8, 4) is 0 Å². The van der Waals surface area contributed by atoms with E-state index in [4.69, 9.17) is 0 Å². The molecule has 2 aromatic carbocycles. The van der Waals surface area contributed by atoms with Gasteiger partial charge in [0.15, 0.2) is 0 Å². The molecule has 32 heavy (non-hydrogen) atoms. The van der Waals surface area contributed by atoms with Crippen LogP contribution in [0.5, 0.6) is 0 Å². The van der Waals surface area contributed by atoms with Gasteiger partial charge < -0.3 is 5.32 Å². The van der Waals surface area contributed by atoms with E-state index in [1.165, 1.54) is 11.1 Å². The minimum absolute atomic E-state index is 0.0940. The number of nitrogens with zero attached hydrogens (tertiary/aromatic N) is 2. The predicted octanol–water partition coefficient (Wildman–Crippen LogP) is 2.97. The summed E-state index contributed by atoms with van der Waals surface area (Å²) in [7, 11) is 1.90. The monoisotopic (exact) mass is 434 g/mol. The molecule has 1 fully saturated rings. The minimum atomic E-state index is -1.05. The van der Waals surface area contributed by atoms with Crippen LogP contribution in [0.3, 0.4) is 0 Å². The fourth-order valence-electron chi connectivity index (χ4n) is 4.68. The van der Waals surface area contributed by atoms with Gasteiger partial charge >= 0.3 is 6.03 Å². The maximum Gasteiger partial charge on any atom is 0.344 e. The molecule has 4 rings (SSSR count). The molecule has 1 aliphatic heterocycles. The number of amides is 4. The van der Waals surface area contributed by atoms with Crippen molar-refractivity contribution in [3.05, 3.63) is 71.3 Å². The molecule has 2 unspecified atom stereocenters. The molecule has 1 saturated heterocycles. The summed E-state index contributed by atoms with van der Waals surface area (Å²) < 4.78 is 0. The summed E-state index contributed by atoms with van der Waals surface area (Å²) in [5, 5.41) is 3.57. The molecule has 0 saturated carbocycles. The van der Waals surface area contributed by atoms with Crippen molar-refractivity contribution in [2.24, 2.45) is 0 Å². The molecule has 2 aliphatic rings. The highest BCUT2D eigenvalue weighted by molar-refractivity contribution is 6.07. The number of benzene rings is 2. The van der Waals surface area contributed by atoms with Gasteiger partial charge in [-0.2, -0.15) is 5.01 Å². The van der Waals surface area contributed by atoms with Crippen LogP contribution in [0.4, 0.5) is 4.79 Å². The highest BCUT2D eigenvalue weighted by Crippen LogP contribution is 2.33. The third kappa shape index (κ3) is 4.53. The van der Waals surface area contributed by atoms with E-state index in [0.29, 0.717) is 12.8 Å². The Morgan fingerprint density at radius 2 is 1.88 bits per heavy atom. The Morgan fingerprint density at radius 1 is 1.16 bits per heavy atom. The number of rotatable bonds is 7. The number of imide groups is 1. The summed E-state index contributed by atoms with van der Waals surface area (Å²) in [5.74, 6) is -0.816. The van der Waals surface area contributed by atoms with E-state index < -0.39 is 17.5 Å². The van der Waals surface area contributed by atoms with Crippen molar-refractivity contribution in [1.29, 1.82) is 0 Å². The third-order valence-electron chi connectivity index (χ3n) is 6.52. The molecule has 0 spiro atoms. The lowest BCUT2D eigenvalue weighted by Gasteiger charge is -2.33. The Kier molecular flexibility index (Phi) is 6.28. The first-order valence-electron chi connectivity index (χ1n) is 11.2. The van der Waals surface area contributed by atoms with Crippen LogP contribution in [0.25, 0.3) is 0 Å². The number of likely N-dealkylation sites (N-methyl/N-ethyl adjacent to an activating group) is 1.